The Morgan fingerprint density at radius 3 is 1.30 bits per heavy atom. The third-order valence-electron chi connectivity index (χ3n) is 15.0. The van der Waals surface area contributed by atoms with Crippen molar-refractivity contribution in [1.29, 1.82) is 0 Å². The standard InChI is InChI=1S/C70H121NO10/c1-4-7-10-13-16-19-22-25-27-29-31-32-33-35-37-40-43-46-49-52-55-58-65(75)81-68-67(77)66(76)64(59-72)80-70(68)79-60-61(62(73)56-53-50-47-44-41-38-24-21-18-15-12-9-6-3)71-69(78)63(74)57-54-51-48-45-42-39-36-34-30-28-26-23-20-17-14-11-8-5-2/h16-17,19-20,25-28,31-32,34,36,42,45,53,56,61-64,66-68,70,72-74,76-77H,4-15,18,21-24,29-30,33,35,37-41,43-44,46-52,54-55,57-60H2,1-3H3,(H,71,78)/b19-16-,20-17-,27-25-,28-26-,32-31-,36-34-,45-42-,56-53+. The van der Waals surface area contributed by atoms with Crippen LogP contribution in [0.5, 0.6) is 0 Å². The molecular weight excluding hydrogens is 1010 g/mol. The fraction of sp³-hybridized carbons (Fsp3) is 0.743. The molecule has 1 fully saturated rings. The molecule has 0 aromatic rings. The molecule has 0 saturated carbocycles. The lowest BCUT2D eigenvalue weighted by molar-refractivity contribution is -0.305. The first-order valence-corrected chi connectivity index (χ1v) is 33.0. The SMILES string of the molecule is CCCCC/C=C\C/C=C\C/C=C\C/C=C\CCCCC(O)C(=O)NC(COC1OC(CO)C(O)C(O)C1OC(=O)CCCCCCCCCC/C=C\C/C=C\C/C=C\CCCCC)C(O)/C=C/CCCCCCCCCCCCC. The number of rotatable bonds is 55. The van der Waals surface area contributed by atoms with E-state index in [0.29, 0.717) is 12.8 Å². The van der Waals surface area contributed by atoms with Crippen molar-refractivity contribution in [3.8, 4) is 0 Å². The average Bonchev–Trinajstić information content (AvgIpc) is 3.46. The molecule has 1 aliphatic rings. The van der Waals surface area contributed by atoms with Crippen molar-refractivity contribution >= 4 is 11.9 Å². The zero-order chi connectivity index (χ0) is 58.9. The van der Waals surface area contributed by atoms with E-state index >= 15 is 0 Å². The predicted molar refractivity (Wildman–Crippen MR) is 338 cm³/mol. The summed E-state index contributed by atoms with van der Waals surface area (Å²) in [6, 6.07) is -1.05. The summed E-state index contributed by atoms with van der Waals surface area (Å²) in [6.45, 7) is 5.72. The number of amides is 1. The largest absolute Gasteiger partial charge is 0.454 e. The molecule has 1 saturated heterocycles. The van der Waals surface area contributed by atoms with E-state index in [1.807, 2.05) is 6.08 Å². The maximum atomic E-state index is 13.4. The first-order chi connectivity index (χ1) is 39.7. The van der Waals surface area contributed by atoms with E-state index in [9.17, 15) is 35.1 Å². The monoisotopic (exact) mass is 1140 g/mol. The molecule has 0 radical (unpaired) electrons. The maximum Gasteiger partial charge on any atom is 0.306 e. The molecule has 1 rings (SSSR count). The third-order valence-corrected chi connectivity index (χ3v) is 15.0. The minimum absolute atomic E-state index is 0.107. The highest BCUT2D eigenvalue weighted by Gasteiger charge is 2.47. The van der Waals surface area contributed by atoms with Crippen LogP contribution in [0.4, 0.5) is 0 Å². The van der Waals surface area contributed by atoms with E-state index in [-0.39, 0.29) is 19.4 Å². The van der Waals surface area contributed by atoms with E-state index in [0.717, 1.165) is 109 Å². The smallest absolute Gasteiger partial charge is 0.306 e. The summed E-state index contributed by atoms with van der Waals surface area (Å²) in [5.74, 6) is -1.24. The molecule has 0 spiro atoms. The van der Waals surface area contributed by atoms with Gasteiger partial charge in [0.15, 0.2) is 12.4 Å². The first-order valence-electron chi connectivity index (χ1n) is 33.0. The fourth-order valence-corrected chi connectivity index (χ4v) is 9.70. The Morgan fingerprint density at radius 2 is 0.852 bits per heavy atom. The van der Waals surface area contributed by atoms with Gasteiger partial charge in [-0.3, -0.25) is 9.59 Å². The van der Waals surface area contributed by atoms with Crippen LogP contribution in [0.15, 0.2) is 97.2 Å². The van der Waals surface area contributed by atoms with Crippen molar-refractivity contribution in [2.45, 2.75) is 320 Å². The highest BCUT2D eigenvalue weighted by molar-refractivity contribution is 5.80. The predicted octanol–water partition coefficient (Wildman–Crippen LogP) is 16.3. The lowest BCUT2D eigenvalue weighted by Gasteiger charge is -2.41. The molecule has 1 amide bonds. The number of carbonyl (C=O) groups excluding carboxylic acids is 2. The van der Waals surface area contributed by atoms with E-state index in [1.165, 1.54) is 116 Å². The van der Waals surface area contributed by atoms with Crippen LogP contribution in [-0.2, 0) is 23.8 Å². The van der Waals surface area contributed by atoms with Gasteiger partial charge >= 0.3 is 5.97 Å². The number of allylic oxidation sites excluding steroid dienone is 15. The molecule has 0 aromatic carbocycles. The summed E-state index contributed by atoms with van der Waals surface area (Å²) in [5, 5.41) is 57.1. The Labute approximate surface area is 495 Å². The average molecular weight is 1140 g/mol. The number of unbranched alkanes of at least 4 members (excludes halogenated alkanes) is 27. The van der Waals surface area contributed by atoms with Gasteiger partial charge in [-0.25, -0.2) is 0 Å². The van der Waals surface area contributed by atoms with E-state index < -0.39 is 67.4 Å². The van der Waals surface area contributed by atoms with Crippen LogP contribution < -0.4 is 5.32 Å². The quantitative estimate of drug-likeness (QED) is 0.0195. The molecule has 8 unspecified atom stereocenters. The highest BCUT2D eigenvalue weighted by atomic mass is 16.7. The number of aliphatic hydroxyl groups excluding tert-OH is 5. The third kappa shape index (κ3) is 44.7. The molecule has 0 bridgehead atoms. The Bertz CT molecular complexity index is 1690. The fourth-order valence-electron chi connectivity index (χ4n) is 9.70. The van der Waals surface area contributed by atoms with Crippen LogP contribution in [0.25, 0.3) is 0 Å². The zero-order valence-corrected chi connectivity index (χ0v) is 51.6. The number of hydrogen-bond acceptors (Lipinski definition) is 10. The first kappa shape index (κ1) is 75.6. The molecule has 8 atom stereocenters. The summed E-state index contributed by atoms with van der Waals surface area (Å²) in [4.78, 5) is 26.6. The molecular formula is C70H121NO10. The van der Waals surface area contributed by atoms with Crippen LogP contribution in [0, 0.1) is 0 Å². The molecule has 0 aliphatic carbocycles. The number of ether oxygens (including phenoxy) is 3. The van der Waals surface area contributed by atoms with Gasteiger partial charge in [0, 0.05) is 6.42 Å². The molecule has 1 heterocycles. The number of hydrogen-bond donors (Lipinski definition) is 6. The van der Waals surface area contributed by atoms with Gasteiger partial charge < -0.3 is 45.1 Å². The second-order valence-electron chi connectivity index (χ2n) is 22.5. The molecule has 1 aliphatic heterocycles. The zero-order valence-electron chi connectivity index (χ0n) is 51.6. The van der Waals surface area contributed by atoms with Gasteiger partial charge in [-0.1, -0.05) is 253 Å². The lowest BCUT2D eigenvalue weighted by atomic mass is 9.99. The van der Waals surface area contributed by atoms with E-state index in [4.69, 9.17) is 14.2 Å². The van der Waals surface area contributed by atoms with Crippen LogP contribution in [0.3, 0.4) is 0 Å². The Hall–Kier alpha value is -3.42. The van der Waals surface area contributed by atoms with Gasteiger partial charge in [0.25, 0.3) is 0 Å². The number of carbonyl (C=O) groups is 2. The Morgan fingerprint density at radius 1 is 0.481 bits per heavy atom. The minimum Gasteiger partial charge on any atom is -0.454 e. The Kier molecular flexibility index (Phi) is 53.2. The van der Waals surface area contributed by atoms with Crippen LogP contribution in [-0.4, -0.2) is 99.6 Å². The van der Waals surface area contributed by atoms with Gasteiger partial charge in [-0.2, -0.15) is 0 Å². The molecule has 466 valence electrons. The second-order valence-corrected chi connectivity index (χ2v) is 22.5. The maximum absolute atomic E-state index is 13.4. The van der Waals surface area contributed by atoms with Gasteiger partial charge in [0.2, 0.25) is 5.91 Å². The Balaban J connectivity index is 2.69. The van der Waals surface area contributed by atoms with Crippen LogP contribution in [0.1, 0.15) is 271 Å². The van der Waals surface area contributed by atoms with Crippen molar-refractivity contribution in [3.63, 3.8) is 0 Å². The van der Waals surface area contributed by atoms with Gasteiger partial charge in [0.05, 0.1) is 25.4 Å². The van der Waals surface area contributed by atoms with Crippen LogP contribution >= 0.6 is 0 Å². The van der Waals surface area contributed by atoms with Gasteiger partial charge in [0.1, 0.15) is 24.4 Å². The van der Waals surface area contributed by atoms with Crippen molar-refractivity contribution in [2.75, 3.05) is 13.2 Å². The molecule has 11 nitrogen and oxygen atoms in total. The van der Waals surface area contributed by atoms with Crippen molar-refractivity contribution in [2.24, 2.45) is 0 Å². The summed E-state index contributed by atoms with van der Waals surface area (Å²) in [5.41, 5.74) is 0. The van der Waals surface area contributed by atoms with Gasteiger partial charge in [-0.05, 0) is 109 Å². The summed E-state index contributed by atoms with van der Waals surface area (Å²) in [6.07, 6.45) is 65.7. The van der Waals surface area contributed by atoms with E-state index in [1.54, 1.807) is 6.08 Å². The topological polar surface area (TPSA) is 175 Å². The molecule has 81 heavy (non-hydrogen) atoms. The molecule has 6 N–H and O–H groups in total. The summed E-state index contributed by atoms with van der Waals surface area (Å²) in [7, 11) is 0. The molecule has 0 aromatic heterocycles. The highest BCUT2D eigenvalue weighted by Crippen LogP contribution is 2.26. The van der Waals surface area contributed by atoms with Gasteiger partial charge in [-0.15, -0.1) is 0 Å². The van der Waals surface area contributed by atoms with Crippen molar-refractivity contribution in [1.82, 2.24) is 5.32 Å². The lowest BCUT2D eigenvalue weighted by Crippen LogP contribution is -2.61. The van der Waals surface area contributed by atoms with E-state index in [2.05, 4.69) is 111 Å². The summed E-state index contributed by atoms with van der Waals surface area (Å²) >= 11 is 0. The van der Waals surface area contributed by atoms with Crippen molar-refractivity contribution < 1.29 is 49.3 Å². The molecule has 11 heteroatoms. The van der Waals surface area contributed by atoms with Crippen molar-refractivity contribution in [3.05, 3.63) is 97.2 Å². The van der Waals surface area contributed by atoms with Crippen LogP contribution in [0.2, 0.25) is 0 Å². The normalized spacial score (nSPS) is 19.3. The number of aliphatic hydroxyl groups is 5. The summed E-state index contributed by atoms with van der Waals surface area (Å²) < 4.78 is 17.6. The number of nitrogens with one attached hydrogen (secondary N) is 1. The minimum atomic E-state index is -1.63. The number of esters is 1. The second kappa shape index (κ2) is 57.0.